The van der Waals surface area contributed by atoms with E-state index >= 15 is 0 Å². The van der Waals surface area contributed by atoms with Crippen molar-refractivity contribution in [2.75, 3.05) is 20.2 Å². The smallest absolute Gasteiger partial charge is 0.410 e. The van der Waals surface area contributed by atoms with Gasteiger partial charge in [0, 0.05) is 30.3 Å². The molecular weight excluding hydrogens is 404 g/mol. The molecule has 0 bridgehead atoms. The minimum Gasteiger partial charge on any atom is -0.465 e. The topological polar surface area (TPSA) is 77.8 Å². The van der Waals surface area contributed by atoms with Crippen molar-refractivity contribution in [3.05, 3.63) is 32.7 Å². The molecule has 1 amide bonds. The van der Waals surface area contributed by atoms with Crippen molar-refractivity contribution in [1.29, 1.82) is 0 Å². The Morgan fingerprint density at radius 1 is 1.27 bits per heavy atom. The summed E-state index contributed by atoms with van der Waals surface area (Å²) < 4.78 is 12.2. The standard InChI is InChI=1S/C18H25BrN2O5/c1-18(2,3)26-17(24)20-7-5-12(6-8-20)10-21-11-13(19)9-14(15(21)22)16(23)25-4/h9,11-12H,5-8,10H2,1-4H3. The van der Waals surface area contributed by atoms with Gasteiger partial charge in [0.15, 0.2) is 0 Å². The summed E-state index contributed by atoms with van der Waals surface area (Å²) in [5.74, 6) is -0.407. The summed E-state index contributed by atoms with van der Waals surface area (Å²) in [7, 11) is 1.25. The van der Waals surface area contributed by atoms with Crippen LogP contribution >= 0.6 is 15.9 Å². The number of aromatic nitrogens is 1. The second kappa shape index (κ2) is 8.24. The highest BCUT2D eigenvalue weighted by Crippen LogP contribution is 2.21. The Morgan fingerprint density at radius 3 is 2.42 bits per heavy atom. The van der Waals surface area contributed by atoms with Crippen molar-refractivity contribution in [1.82, 2.24) is 9.47 Å². The lowest BCUT2D eigenvalue weighted by molar-refractivity contribution is 0.0177. The van der Waals surface area contributed by atoms with Crippen LogP contribution in [-0.2, 0) is 16.0 Å². The van der Waals surface area contributed by atoms with E-state index in [1.165, 1.54) is 17.7 Å². The van der Waals surface area contributed by atoms with Gasteiger partial charge in [-0.2, -0.15) is 0 Å². The van der Waals surface area contributed by atoms with E-state index in [1.54, 1.807) is 11.1 Å². The zero-order valence-corrected chi connectivity index (χ0v) is 17.2. The zero-order chi connectivity index (χ0) is 19.5. The Kier molecular flexibility index (Phi) is 6.49. The van der Waals surface area contributed by atoms with Crippen LogP contribution in [0.3, 0.4) is 0 Å². The van der Waals surface area contributed by atoms with Gasteiger partial charge in [0.2, 0.25) is 0 Å². The number of piperidine rings is 1. The first-order valence-electron chi connectivity index (χ1n) is 8.57. The summed E-state index contributed by atoms with van der Waals surface area (Å²) in [6, 6.07) is 1.47. The third kappa shape index (κ3) is 5.33. The molecule has 26 heavy (non-hydrogen) atoms. The average molecular weight is 429 g/mol. The molecule has 1 fully saturated rings. The Morgan fingerprint density at radius 2 is 1.88 bits per heavy atom. The number of amides is 1. The summed E-state index contributed by atoms with van der Waals surface area (Å²) in [4.78, 5) is 38.1. The van der Waals surface area contributed by atoms with Gasteiger partial charge in [-0.05, 0) is 61.5 Å². The normalized spacial score (nSPS) is 15.7. The second-order valence-electron chi connectivity index (χ2n) is 7.43. The van der Waals surface area contributed by atoms with E-state index in [1.807, 2.05) is 20.8 Å². The van der Waals surface area contributed by atoms with Gasteiger partial charge in [0.25, 0.3) is 5.56 Å². The molecule has 0 unspecified atom stereocenters. The van der Waals surface area contributed by atoms with Gasteiger partial charge in [0.05, 0.1) is 7.11 Å². The van der Waals surface area contributed by atoms with Crippen LogP contribution in [0.25, 0.3) is 0 Å². The van der Waals surface area contributed by atoms with Gasteiger partial charge >= 0.3 is 12.1 Å². The number of methoxy groups -OCH3 is 1. The molecule has 0 atom stereocenters. The van der Waals surface area contributed by atoms with E-state index < -0.39 is 11.6 Å². The van der Waals surface area contributed by atoms with Gasteiger partial charge in [0.1, 0.15) is 11.2 Å². The quantitative estimate of drug-likeness (QED) is 0.691. The first-order valence-corrected chi connectivity index (χ1v) is 9.36. The molecule has 1 saturated heterocycles. The number of pyridine rings is 1. The van der Waals surface area contributed by atoms with Crippen LogP contribution in [0.4, 0.5) is 4.79 Å². The number of carbonyl (C=O) groups is 2. The Bertz CT molecular complexity index is 730. The Balaban J connectivity index is 2.02. The lowest BCUT2D eigenvalue weighted by Crippen LogP contribution is -2.42. The highest BCUT2D eigenvalue weighted by Gasteiger charge is 2.27. The maximum absolute atomic E-state index is 12.5. The fourth-order valence-electron chi connectivity index (χ4n) is 2.89. The maximum atomic E-state index is 12.5. The van der Waals surface area contributed by atoms with Crippen molar-refractivity contribution < 1.29 is 19.1 Å². The van der Waals surface area contributed by atoms with Gasteiger partial charge < -0.3 is 18.9 Å². The van der Waals surface area contributed by atoms with E-state index in [4.69, 9.17) is 4.74 Å². The highest BCUT2D eigenvalue weighted by molar-refractivity contribution is 9.10. The van der Waals surface area contributed by atoms with Gasteiger partial charge in [-0.25, -0.2) is 9.59 Å². The van der Waals surface area contributed by atoms with Crippen molar-refractivity contribution in [3.8, 4) is 0 Å². The van der Waals surface area contributed by atoms with Crippen LogP contribution < -0.4 is 5.56 Å². The molecule has 1 aliphatic rings. The van der Waals surface area contributed by atoms with Gasteiger partial charge in [-0.3, -0.25) is 4.79 Å². The molecule has 2 heterocycles. The Labute approximate surface area is 161 Å². The summed E-state index contributed by atoms with van der Waals surface area (Å²) in [6.45, 7) is 7.20. The minimum absolute atomic E-state index is 0.00747. The van der Waals surface area contributed by atoms with Crippen molar-refractivity contribution in [2.45, 2.75) is 45.8 Å². The number of hydrogen-bond donors (Lipinski definition) is 0. The molecule has 2 rings (SSSR count). The molecule has 8 heteroatoms. The predicted molar refractivity (Wildman–Crippen MR) is 100 cm³/mol. The zero-order valence-electron chi connectivity index (χ0n) is 15.6. The summed E-state index contributed by atoms with van der Waals surface area (Å²) in [5, 5.41) is 0. The highest BCUT2D eigenvalue weighted by atomic mass is 79.9. The molecule has 1 aromatic rings. The van der Waals surface area contributed by atoms with E-state index in [2.05, 4.69) is 20.7 Å². The molecule has 0 spiro atoms. The number of halogens is 1. The molecule has 0 N–H and O–H groups in total. The average Bonchev–Trinajstić information content (AvgIpc) is 2.56. The summed E-state index contributed by atoms with van der Waals surface area (Å²) >= 11 is 3.33. The first-order chi connectivity index (χ1) is 12.1. The fraction of sp³-hybridized carbons (Fsp3) is 0.611. The lowest BCUT2D eigenvalue weighted by Gasteiger charge is -2.33. The van der Waals surface area contributed by atoms with Crippen LogP contribution in [0, 0.1) is 5.92 Å². The fourth-order valence-corrected chi connectivity index (χ4v) is 3.37. The van der Waals surface area contributed by atoms with Crippen LogP contribution in [0.5, 0.6) is 0 Å². The van der Waals surface area contributed by atoms with Crippen LogP contribution in [0.1, 0.15) is 44.0 Å². The minimum atomic E-state index is -0.648. The van der Waals surface area contributed by atoms with Crippen molar-refractivity contribution in [2.24, 2.45) is 5.92 Å². The first kappa shape index (κ1) is 20.5. The molecule has 7 nitrogen and oxygen atoms in total. The van der Waals surface area contributed by atoms with Crippen molar-refractivity contribution >= 4 is 28.0 Å². The molecule has 0 radical (unpaired) electrons. The molecule has 1 aliphatic heterocycles. The predicted octanol–water partition coefficient (Wildman–Crippen LogP) is 3.04. The molecule has 0 aromatic carbocycles. The van der Waals surface area contributed by atoms with Crippen LogP contribution in [0.2, 0.25) is 0 Å². The maximum Gasteiger partial charge on any atom is 0.410 e. The number of hydrogen-bond acceptors (Lipinski definition) is 5. The lowest BCUT2D eigenvalue weighted by atomic mass is 9.97. The largest absolute Gasteiger partial charge is 0.465 e. The monoisotopic (exact) mass is 428 g/mol. The SMILES string of the molecule is COC(=O)c1cc(Br)cn(CC2CCN(C(=O)OC(C)(C)C)CC2)c1=O. The Hall–Kier alpha value is -1.83. The molecule has 0 aliphatic carbocycles. The number of nitrogens with zero attached hydrogens (tertiary/aromatic N) is 2. The molecule has 1 aromatic heterocycles. The summed E-state index contributed by atoms with van der Waals surface area (Å²) in [5.41, 5.74) is -0.871. The third-order valence-corrected chi connectivity index (χ3v) is 4.61. The molecule has 0 saturated carbocycles. The van der Waals surface area contributed by atoms with Gasteiger partial charge in [-0.1, -0.05) is 0 Å². The van der Waals surface area contributed by atoms with E-state index in [-0.39, 0.29) is 23.1 Å². The van der Waals surface area contributed by atoms with E-state index in [9.17, 15) is 14.4 Å². The van der Waals surface area contributed by atoms with Gasteiger partial charge in [-0.15, -0.1) is 0 Å². The van der Waals surface area contributed by atoms with Crippen LogP contribution in [0.15, 0.2) is 21.5 Å². The number of ether oxygens (including phenoxy) is 2. The van der Waals surface area contributed by atoms with Crippen LogP contribution in [-0.4, -0.2) is 47.3 Å². The second-order valence-corrected chi connectivity index (χ2v) is 8.35. The number of likely N-dealkylation sites (tertiary alicyclic amines) is 1. The number of rotatable bonds is 3. The molecular formula is C18H25BrN2O5. The van der Waals surface area contributed by atoms with E-state index in [0.29, 0.717) is 24.1 Å². The van der Waals surface area contributed by atoms with E-state index in [0.717, 1.165) is 12.8 Å². The number of carbonyl (C=O) groups excluding carboxylic acids is 2. The van der Waals surface area contributed by atoms with Crippen molar-refractivity contribution in [3.63, 3.8) is 0 Å². The summed E-state index contributed by atoms with van der Waals surface area (Å²) in [6.07, 6.45) is 2.91. The molecule has 144 valence electrons. The third-order valence-electron chi connectivity index (χ3n) is 4.18. The number of esters is 1.